The maximum atomic E-state index is 4.76. The molecule has 0 spiro atoms. The Hall–Kier alpha value is -0.630. The average molecular weight is 275 g/mol. The maximum Gasteiger partial charge on any atom is 0.0903 e. The molecule has 19 heavy (non-hydrogen) atoms. The van der Waals surface area contributed by atoms with Gasteiger partial charge in [-0.2, -0.15) is 0 Å². The normalized spacial score (nSPS) is 33.9. The zero-order valence-corrected chi connectivity index (χ0v) is 13.6. The number of hydrogen-bond donors (Lipinski definition) is 0. The van der Waals surface area contributed by atoms with E-state index in [2.05, 4.69) is 40.7 Å². The monoisotopic (exact) mass is 275 g/mol. The molecule has 1 aromatic heterocycles. The van der Waals surface area contributed by atoms with Crippen molar-refractivity contribution < 1.29 is 0 Å². The first kappa shape index (κ1) is 13.4. The van der Waals surface area contributed by atoms with E-state index >= 15 is 0 Å². The van der Waals surface area contributed by atoms with Gasteiger partial charge in [0.2, 0.25) is 0 Å². The highest BCUT2D eigenvalue weighted by atomic mass is 32.1. The Kier molecular flexibility index (Phi) is 3.12. The van der Waals surface area contributed by atoms with Gasteiger partial charge in [-0.25, -0.2) is 4.98 Å². The quantitative estimate of drug-likeness (QED) is 0.695. The SMILES string of the molecule is Cc1nc2c(s1)C1=CC[C@@H](C(C)C)C[C@@]1(C)[C@H](C)C2. The number of nitrogens with zero attached hydrogens (tertiary/aromatic N) is 1. The predicted molar refractivity (Wildman–Crippen MR) is 83.4 cm³/mol. The highest BCUT2D eigenvalue weighted by Gasteiger charge is 2.45. The Bertz CT molecular complexity index is 525. The van der Waals surface area contributed by atoms with Crippen molar-refractivity contribution in [2.75, 3.05) is 0 Å². The molecule has 104 valence electrons. The molecule has 0 amide bonds. The lowest BCUT2D eigenvalue weighted by atomic mass is 9.58. The third kappa shape index (κ3) is 1.99. The highest BCUT2D eigenvalue weighted by Crippen LogP contribution is 2.56. The summed E-state index contributed by atoms with van der Waals surface area (Å²) in [6.07, 6.45) is 6.32. The van der Waals surface area contributed by atoms with E-state index in [1.807, 2.05) is 11.3 Å². The molecule has 2 heteroatoms. The van der Waals surface area contributed by atoms with Gasteiger partial charge in [-0.05, 0) is 54.9 Å². The summed E-state index contributed by atoms with van der Waals surface area (Å²) in [5.41, 5.74) is 3.35. The summed E-state index contributed by atoms with van der Waals surface area (Å²) >= 11 is 1.91. The molecule has 2 aliphatic rings. The summed E-state index contributed by atoms with van der Waals surface area (Å²) in [6, 6.07) is 0. The minimum Gasteiger partial charge on any atom is -0.246 e. The van der Waals surface area contributed by atoms with Gasteiger partial charge in [-0.1, -0.05) is 33.8 Å². The van der Waals surface area contributed by atoms with Crippen molar-refractivity contribution in [1.82, 2.24) is 4.98 Å². The van der Waals surface area contributed by atoms with Crippen molar-refractivity contribution in [3.63, 3.8) is 0 Å². The molecule has 1 nitrogen and oxygen atoms in total. The summed E-state index contributed by atoms with van der Waals surface area (Å²) < 4.78 is 0. The fourth-order valence-electron chi connectivity index (χ4n) is 3.90. The lowest BCUT2D eigenvalue weighted by Crippen LogP contribution is -2.37. The summed E-state index contributed by atoms with van der Waals surface area (Å²) in [5.74, 6) is 2.37. The molecule has 2 aliphatic carbocycles. The van der Waals surface area contributed by atoms with E-state index < -0.39 is 0 Å². The van der Waals surface area contributed by atoms with Crippen molar-refractivity contribution in [2.24, 2.45) is 23.2 Å². The first-order valence-corrected chi connectivity index (χ1v) is 8.40. The first-order chi connectivity index (χ1) is 8.91. The van der Waals surface area contributed by atoms with E-state index in [4.69, 9.17) is 4.98 Å². The van der Waals surface area contributed by atoms with Crippen LogP contribution in [-0.4, -0.2) is 4.98 Å². The van der Waals surface area contributed by atoms with Gasteiger partial charge in [0.05, 0.1) is 15.6 Å². The number of hydrogen-bond acceptors (Lipinski definition) is 2. The van der Waals surface area contributed by atoms with Gasteiger partial charge in [0, 0.05) is 0 Å². The molecule has 0 aromatic carbocycles. The Morgan fingerprint density at radius 2 is 2.16 bits per heavy atom. The van der Waals surface area contributed by atoms with E-state index in [0.717, 1.165) is 11.8 Å². The van der Waals surface area contributed by atoms with Crippen LogP contribution in [0.1, 0.15) is 56.1 Å². The molecule has 0 saturated heterocycles. The Morgan fingerprint density at radius 1 is 1.42 bits per heavy atom. The summed E-state index contributed by atoms with van der Waals surface area (Å²) in [4.78, 5) is 6.26. The van der Waals surface area contributed by atoms with Gasteiger partial charge in [-0.3, -0.25) is 0 Å². The van der Waals surface area contributed by atoms with Gasteiger partial charge in [0.15, 0.2) is 0 Å². The summed E-state index contributed by atoms with van der Waals surface area (Å²) in [7, 11) is 0. The molecule has 0 N–H and O–H groups in total. The number of allylic oxidation sites excluding steroid dienone is 2. The lowest BCUT2D eigenvalue weighted by Gasteiger charge is -2.47. The second-order valence-corrected chi connectivity index (χ2v) is 8.30. The maximum absolute atomic E-state index is 4.76. The fraction of sp³-hybridized carbons (Fsp3) is 0.706. The summed E-state index contributed by atoms with van der Waals surface area (Å²) in [6.45, 7) is 11.8. The minimum atomic E-state index is 0.374. The minimum absolute atomic E-state index is 0.374. The molecule has 3 atom stereocenters. The number of aromatic nitrogens is 1. The van der Waals surface area contributed by atoms with E-state index in [9.17, 15) is 0 Å². The van der Waals surface area contributed by atoms with Crippen molar-refractivity contribution >= 4 is 16.9 Å². The van der Waals surface area contributed by atoms with Crippen molar-refractivity contribution in [3.8, 4) is 0 Å². The smallest absolute Gasteiger partial charge is 0.0903 e. The number of fused-ring (bicyclic) bond motifs is 3. The molecule has 3 rings (SSSR count). The number of thiazole rings is 1. The van der Waals surface area contributed by atoms with Crippen LogP contribution in [0.4, 0.5) is 0 Å². The molecule has 1 aromatic rings. The molecule has 1 heterocycles. The molecule has 0 radical (unpaired) electrons. The van der Waals surface area contributed by atoms with Gasteiger partial charge in [-0.15, -0.1) is 11.3 Å². The van der Waals surface area contributed by atoms with Crippen LogP contribution in [0.25, 0.3) is 5.57 Å². The average Bonchev–Trinajstić information content (AvgIpc) is 2.69. The van der Waals surface area contributed by atoms with Crippen LogP contribution in [0.5, 0.6) is 0 Å². The molecular weight excluding hydrogens is 250 g/mol. The van der Waals surface area contributed by atoms with Gasteiger partial charge in [0.25, 0.3) is 0 Å². The van der Waals surface area contributed by atoms with Gasteiger partial charge < -0.3 is 0 Å². The first-order valence-electron chi connectivity index (χ1n) is 7.59. The summed E-state index contributed by atoms with van der Waals surface area (Å²) in [5, 5.41) is 1.23. The largest absolute Gasteiger partial charge is 0.246 e. The van der Waals surface area contributed by atoms with Crippen LogP contribution >= 0.6 is 11.3 Å². The van der Waals surface area contributed by atoms with Crippen LogP contribution in [0.2, 0.25) is 0 Å². The fourth-order valence-corrected chi connectivity index (χ4v) is 5.03. The predicted octanol–water partition coefficient (Wildman–Crippen LogP) is 5.10. The van der Waals surface area contributed by atoms with Crippen LogP contribution in [0.3, 0.4) is 0 Å². The van der Waals surface area contributed by atoms with Gasteiger partial charge in [0.1, 0.15) is 0 Å². The lowest BCUT2D eigenvalue weighted by molar-refractivity contribution is 0.177. The third-order valence-corrected chi connectivity index (χ3v) is 6.55. The topological polar surface area (TPSA) is 12.9 Å². The van der Waals surface area contributed by atoms with Crippen molar-refractivity contribution in [2.45, 2.75) is 53.9 Å². The Balaban J connectivity index is 2.07. The molecule has 0 bridgehead atoms. The van der Waals surface area contributed by atoms with Crippen LogP contribution < -0.4 is 0 Å². The van der Waals surface area contributed by atoms with Gasteiger partial charge >= 0.3 is 0 Å². The van der Waals surface area contributed by atoms with E-state index in [0.29, 0.717) is 11.3 Å². The Morgan fingerprint density at radius 3 is 2.84 bits per heavy atom. The second kappa shape index (κ2) is 4.44. The number of rotatable bonds is 1. The number of aryl methyl sites for hydroxylation is 1. The second-order valence-electron chi connectivity index (χ2n) is 7.09. The standard InChI is InChI=1S/C17H25NS/c1-10(2)13-6-7-14-16-15(18-12(4)19-16)8-11(3)17(14,5)9-13/h7,10-11,13H,6,8-9H2,1-5H3/t11-,13-,17+/m1/s1. The van der Waals surface area contributed by atoms with E-state index in [1.54, 1.807) is 5.57 Å². The van der Waals surface area contributed by atoms with Crippen molar-refractivity contribution in [3.05, 3.63) is 21.7 Å². The van der Waals surface area contributed by atoms with Crippen LogP contribution in [0.15, 0.2) is 6.08 Å². The molecule has 0 unspecified atom stereocenters. The van der Waals surface area contributed by atoms with E-state index in [-0.39, 0.29) is 0 Å². The molecule has 0 saturated carbocycles. The Labute approximate surface area is 121 Å². The van der Waals surface area contributed by atoms with Crippen LogP contribution in [0, 0.1) is 30.1 Å². The zero-order chi connectivity index (χ0) is 13.8. The highest BCUT2D eigenvalue weighted by molar-refractivity contribution is 7.12. The zero-order valence-electron chi connectivity index (χ0n) is 12.8. The van der Waals surface area contributed by atoms with E-state index in [1.165, 1.54) is 34.8 Å². The van der Waals surface area contributed by atoms with Crippen LogP contribution in [-0.2, 0) is 6.42 Å². The molecular formula is C17H25NS. The molecule has 0 aliphatic heterocycles. The third-order valence-electron chi connectivity index (χ3n) is 5.51. The molecule has 0 fully saturated rings. The van der Waals surface area contributed by atoms with Crippen molar-refractivity contribution in [1.29, 1.82) is 0 Å².